The van der Waals surface area contributed by atoms with Crippen molar-refractivity contribution in [2.24, 2.45) is 0 Å². The summed E-state index contributed by atoms with van der Waals surface area (Å²) in [5.74, 6) is 0.968. The molecule has 3 aromatic rings. The van der Waals surface area contributed by atoms with Crippen LogP contribution in [-0.4, -0.2) is 4.98 Å². The van der Waals surface area contributed by atoms with Crippen LogP contribution in [0.2, 0.25) is 0 Å². The van der Waals surface area contributed by atoms with Crippen LogP contribution in [0.15, 0.2) is 59.6 Å². The highest BCUT2D eigenvalue weighted by Gasteiger charge is 2.04. The number of aryl methyl sites for hydroxylation is 1. The number of anilines is 1. The van der Waals surface area contributed by atoms with Gasteiger partial charge in [-0.25, -0.2) is 0 Å². The average molecular weight is 280 g/mol. The first-order chi connectivity index (χ1) is 9.74. The Morgan fingerprint density at radius 2 is 1.95 bits per heavy atom. The lowest BCUT2D eigenvalue weighted by Gasteiger charge is -2.08. The van der Waals surface area contributed by atoms with Gasteiger partial charge in [0.05, 0.1) is 5.52 Å². The number of nitrogen functional groups attached to an aromatic ring is 1. The zero-order chi connectivity index (χ0) is 13.9. The molecule has 0 aliphatic rings. The second-order valence-electron chi connectivity index (χ2n) is 4.80. The SMILES string of the molecule is Cc1ccccc1CSc1ccnc2cc(N)ccc12. The third-order valence-corrected chi connectivity index (χ3v) is 4.49. The van der Waals surface area contributed by atoms with Gasteiger partial charge in [0.15, 0.2) is 0 Å². The highest BCUT2D eigenvalue weighted by molar-refractivity contribution is 7.98. The Balaban J connectivity index is 1.90. The van der Waals surface area contributed by atoms with Crippen LogP contribution in [0.3, 0.4) is 0 Å². The van der Waals surface area contributed by atoms with E-state index in [2.05, 4.69) is 48.3 Å². The molecule has 0 aliphatic carbocycles. The molecule has 2 N–H and O–H groups in total. The van der Waals surface area contributed by atoms with E-state index in [0.717, 1.165) is 17.0 Å². The molecule has 0 atom stereocenters. The Labute approximate surface area is 123 Å². The maximum Gasteiger partial charge on any atom is 0.0733 e. The number of benzene rings is 2. The van der Waals surface area contributed by atoms with Crippen molar-refractivity contribution in [2.75, 3.05) is 5.73 Å². The van der Waals surface area contributed by atoms with Crippen LogP contribution in [0.5, 0.6) is 0 Å². The summed E-state index contributed by atoms with van der Waals surface area (Å²) in [6.07, 6.45) is 1.85. The first-order valence-electron chi connectivity index (χ1n) is 6.55. The van der Waals surface area contributed by atoms with E-state index in [4.69, 9.17) is 5.73 Å². The summed E-state index contributed by atoms with van der Waals surface area (Å²) >= 11 is 1.84. The second-order valence-corrected chi connectivity index (χ2v) is 5.82. The van der Waals surface area contributed by atoms with Gasteiger partial charge < -0.3 is 5.73 Å². The predicted octanol–water partition coefficient (Wildman–Crippen LogP) is 4.42. The van der Waals surface area contributed by atoms with Gasteiger partial charge in [-0.3, -0.25) is 4.98 Å². The van der Waals surface area contributed by atoms with E-state index in [1.54, 1.807) is 0 Å². The highest BCUT2D eigenvalue weighted by Crippen LogP contribution is 2.30. The fourth-order valence-electron chi connectivity index (χ4n) is 2.19. The molecule has 100 valence electrons. The molecule has 0 fully saturated rings. The van der Waals surface area contributed by atoms with Crippen LogP contribution in [0.25, 0.3) is 10.9 Å². The monoisotopic (exact) mass is 280 g/mol. The molecule has 3 rings (SSSR count). The van der Waals surface area contributed by atoms with E-state index < -0.39 is 0 Å². The van der Waals surface area contributed by atoms with Gasteiger partial charge in [-0.15, -0.1) is 11.8 Å². The van der Waals surface area contributed by atoms with E-state index in [-0.39, 0.29) is 0 Å². The quantitative estimate of drug-likeness (QED) is 0.570. The molecular formula is C17H16N2S. The summed E-state index contributed by atoms with van der Waals surface area (Å²) in [4.78, 5) is 5.63. The molecule has 0 amide bonds. The summed E-state index contributed by atoms with van der Waals surface area (Å²) in [6, 6.07) is 16.5. The van der Waals surface area contributed by atoms with E-state index >= 15 is 0 Å². The Kier molecular flexibility index (Phi) is 3.61. The molecule has 0 unspecified atom stereocenters. The van der Waals surface area contributed by atoms with Crippen LogP contribution in [0, 0.1) is 6.92 Å². The molecule has 0 saturated carbocycles. The van der Waals surface area contributed by atoms with Crippen LogP contribution in [-0.2, 0) is 5.75 Å². The smallest absolute Gasteiger partial charge is 0.0733 e. The van der Waals surface area contributed by atoms with Crippen molar-refractivity contribution in [1.29, 1.82) is 0 Å². The summed E-state index contributed by atoms with van der Waals surface area (Å²) in [5, 5.41) is 1.17. The Morgan fingerprint density at radius 1 is 1.10 bits per heavy atom. The van der Waals surface area contributed by atoms with Crippen LogP contribution in [0.4, 0.5) is 5.69 Å². The zero-order valence-corrected chi connectivity index (χ0v) is 12.2. The number of aromatic nitrogens is 1. The lowest BCUT2D eigenvalue weighted by Crippen LogP contribution is -1.89. The van der Waals surface area contributed by atoms with Gasteiger partial charge >= 0.3 is 0 Å². The Bertz CT molecular complexity index is 753. The Hall–Kier alpha value is -2.00. The normalized spacial score (nSPS) is 10.8. The third-order valence-electron chi connectivity index (χ3n) is 3.37. The number of rotatable bonds is 3. The lowest BCUT2D eigenvalue weighted by molar-refractivity contribution is 1.30. The number of hydrogen-bond acceptors (Lipinski definition) is 3. The number of pyridine rings is 1. The fourth-order valence-corrected chi connectivity index (χ4v) is 3.31. The largest absolute Gasteiger partial charge is 0.399 e. The first-order valence-corrected chi connectivity index (χ1v) is 7.54. The van der Waals surface area contributed by atoms with E-state index in [9.17, 15) is 0 Å². The number of nitrogens with zero attached hydrogens (tertiary/aromatic N) is 1. The molecule has 0 saturated heterocycles. The van der Waals surface area contributed by atoms with Crippen LogP contribution < -0.4 is 5.73 Å². The second kappa shape index (κ2) is 5.55. The summed E-state index contributed by atoms with van der Waals surface area (Å²) in [7, 11) is 0. The first kappa shape index (κ1) is 13.0. The standard InChI is InChI=1S/C17H16N2S/c1-12-4-2-3-5-13(12)11-20-17-8-9-19-16-10-14(18)6-7-15(16)17/h2-10H,11,18H2,1H3. The Morgan fingerprint density at radius 3 is 2.80 bits per heavy atom. The van der Waals surface area contributed by atoms with Crippen LogP contribution >= 0.6 is 11.8 Å². The topological polar surface area (TPSA) is 38.9 Å². The van der Waals surface area contributed by atoms with Gasteiger partial charge in [-0.1, -0.05) is 24.3 Å². The maximum absolute atomic E-state index is 5.81. The minimum atomic E-state index is 0.756. The van der Waals surface area contributed by atoms with Crippen LogP contribution in [0.1, 0.15) is 11.1 Å². The fraction of sp³-hybridized carbons (Fsp3) is 0.118. The van der Waals surface area contributed by atoms with Crippen molar-refractivity contribution >= 4 is 28.4 Å². The van der Waals surface area contributed by atoms with Crippen molar-refractivity contribution < 1.29 is 0 Å². The molecular weight excluding hydrogens is 264 g/mol. The van der Waals surface area contributed by atoms with E-state index in [0.29, 0.717) is 0 Å². The third kappa shape index (κ3) is 2.63. The minimum Gasteiger partial charge on any atom is -0.399 e. The van der Waals surface area contributed by atoms with Crippen molar-refractivity contribution in [3.63, 3.8) is 0 Å². The molecule has 0 radical (unpaired) electrons. The number of nitrogens with two attached hydrogens (primary N) is 1. The van der Waals surface area contributed by atoms with E-state index in [1.807, 2.05) is 30.1 Å². The van der Waals surface area contributed by atoms with Gasteiger partial charge in [0.25, 0.3) is 0 Å². The zero-order valence-electron chi connectivity index (χ0n) is 11.3. The molecule has 0 bridgehead atoms. The maximum atomic E-state index is 5.81. The van der Waals surface area contributed by atoms with Crippen molar-refractivity contribution in [3.8, 4) is 0 Å². The van der Waals surface area contributed by atoms with Gasteiger partial charge in [-0.2, -0.15) is 0 Å². The average Bonchev–Trinajstić information content (AvgIpc) is 2.46. The van der Waals surface area contributed by atoms with E-state index in [1.165, 1.54) is 21.4 Å². The minimum absolute atomic E-state index is 0.756. The predicted molar refractivity (Wildman–Crippen MR) is 86.9 cm³/mol. The molecule has 20 heavy (non-hydrogen) atoms. The molecule has 1 aromatic heterocycles. The molecule has 0 aliphatic heterocycles. The molecule has 3 heteroatoms. The summed E-state index contributed by atoms with van der Waals surface area (Å²) in [5.41, 5.74) is 10.2. The summed E-state index contributed by atoms with van der Waals surface area (Å²) < 4.78 is 0. The van der Waals surface area contributed by atoms with Crippen molar-refractivity contribution in [1.82, 2.24) is 4.98 Å². The number of fused-ring (bicyclic) bond motifs is 1. The van der Waals surface area contributed by atoms with Crippen molar-refractivity contribution in [2.45, 2.75) is 17.6 Å². The van der Waals surface area contributed by atoms with Gasteiger partial charge in [0.1, 0.15) is 0 Å². The lowest BCUT2D eigenvalue weighted by atomic mass is 10.1. The summed E-state index contributed by atoms with van der Waals surface area (Å²) in [6.45, 7) is 2.15. The molecule has 0 spiro atoms. The molecule has 2 nitrogen and oxygen atoms in total. The molecule has 2 aromatic carbocycles. The van der Waals surface area contributed by atoms with Gasteiger partial charge in [-0.05, 0) is 42.3 Å². The van der Waals surface area contributed by atoms with Crippen molar-refractivity contribution in [3.05, 3.63) is 65.9 Å². The molecule has 1 heterocycles. The highest BCUT2D eigenvalue weighted by atomic mass is 32.2. The number of thioether (sulfide) groups is 1. The number of hydrogen-bond donors (Lipinski definition) is 1. The van der Waals surface area contributed by atoms with Gasteiger partial charge in [0.2, 0.25) is 0 Å². The van der Waals surface area contributed by atoms with Gasteiger partial charge in [0, 0.05) is 27.9 Å².